The van der Waals surface area contributed by atoms with Crippen LogP contribution in [0.25, 0.3) is 10.9 Å². The van der Waals surface area contributed by atoms with Crippen molar-refractivity contribution in [2.75, 3.05) is 0 Å². The molecule has 0 spiro atoms. The van der Waals surface area contributed by atoms with Crippen molar-refractivity contribution in [3.63, 3.8) is 0 Å². The topological polar surface area (TPSA) is 28.7 Å². The molecule has 0 aliphatic carbocycles. The number of halogens is 1. The summed E-state index contributed by atoms with van der Waals surface area (Å²) in [4.78, 5) is 0. The van der Waals surface area contributed by atoms with Crippen LogP contribution in [0.1, 0.15) is 11.3 Å². The zero-order valence-electron chi connectivity index (χ0n) is 8.00. The lowest BCUT2D eigenvalue weighted by Gasteiger charge is -1.97. The van der Waals surface area contributed by atoms with Crippen LogP contribution in [0.3, 0.4) is 0 Å². The van der Waals surface area contributed by atoms with Crippen LogP contribution in [0.5, 0.6) is 0 Å². The Balaban J connectivity index is 3.04. The maximum Gasteiger partial charge on any atom is 0.147 e. The molecule has 0 saturated heterocycles. The van der Waals surface area contributed by atoms with Gasteiger partial charge in [-0.25, -0.2) is 4.39 Å². The monoisotopic (exact) mass is 188 g/mol. The van der Waals surface area contributed by atoms with Crippen molar-refractivity contribution in [3.8, 4) is 6.07 Å². The molecule has 70 valence electrons. The van der Waals surface area contributed by atoms with Crippen LogP contribution in [0, 0.1) is 24.1 Å². The third-order valence-corrected chi connectivity index (χ3v) is 2.52. The highest BCUT2D eigenvalue weighted by molar-refractivity contribution is 5.86. The van der Waals surface area contributed by atoms with E-state index >= 15 is 0 Å². The number of hydrogen-bond acceptors (Lipinski definition) is 1. The first-order valence-corrected chi connectivity index (χ1v) is 4.30. The Kier molecular flexibility index (Phi) is 1.78. The summed E-state index contributed by atoms with van der Waals surface area (Å²) in [5.41, 5.74) is 1.86. The molecule has 2 aromatic rings. The standard InChI is InChI=1S/C11H9FN2/c1-7-8-4-3-5-9(12)11(8)14(2)10(7)6-13/h3-5H,1-2H3. The second-order valence-electron chi connectivity index (χ2n) is 3.28. The van der Waals surface area contributed by atoms with Crippen molar-refractivity contribution in [2.45, 2.75) is 6.92 Å². The molecular weight excluding hydrogens is 179 g/mol. The van der Waals surface area contributed by atoms with Crippen molar-refractivity contribution in [1.82, 2.24) is 4.57 Å². The lowest BCUT2D eigenvalue weighted by atomic mass is 10.1. The molecule has 0 bridgehead atoms. The van der Waals surface area contributed by atoms with Crippen molar-refractivity contribution < 1.29 is 4.39 Å². The summed E-state index contributed by atoms with van der Waals surface area (Å²) < 4.78 is 15.0. The number of benzene rings is 1. The summed E-state index contributed by atoms with van der Waals surface area (Å²) in [5.74, 6) is -0.283. The molecule has 2 nitrogen and oxygen atoms in total. The van der Waals surface area contributed by atoms with Crippen molar-refractivity contribution in [1.29, 1.82) is 5.26 Å². The first kappa shape index (κ1) is 8.76. The molecule has 0 fully saturated rings. The van der Waals surface area contributed by atoms with Crippen LogP contribution in [0.15, 0.2) is 18.2 Å². The van der Waals surface area contributed by atoms with E-state index in [9.17, 15) is 4.39 Å². The Morgan fingerprint density at radius 2 is 2.14 bits per heavy atom. The number of fused-ring (bicyclic) bond motifs is 1. The largest absolute Gasteiger partial charge is 0.333 e. The smallest absolute Gasteiger partial charge is 0.147 e. The highest BCUT2D eigenvalue weighted by Crippen LogP contribution is 2.25. The number of para-hydroxylation sites is 1. The van der Waals surface area contributed by atoms with Gasteiger partial charge in [0, 0.05) is 12.4 Å². The Hall–Kier alpha value is -1.82. The van der Waals surface area contributed by atoms with Crippen molar-refractivity contribution in [2.24, 2.45) is 7.05 Å². The fraction of sp³-hybridized carbons (Fsp3) is 0.182. The van der Waals surface area contributed by atoms with Gasteiger partial charge in [0.05, 0.1) is 5.52 Å². The van der Waals surface area contributed by atoms with Gasteiger partial charge in [0.2, 0.25) is 0 Å². The zero-order chi connectivity index (χ0) is 10.3. The summed E-state index contributed by atoms with van der Waals surface area (Å²) in [6.07, 6.45) is 0. The average molecular weight is 188 g/mol. The van der Waals surface area contributed by atoms with E-state index in [0.29, 0.717) is 11.2 Å². The minimum absolute atomic E-state index is 0.283. The van der Waals surface area contributed by atoms with Crippen LogP contribution in [-0.4, -0.2) is 4.57 Å². The van der Waals surface area contributed by atoms with Crippen LogP contribution in [0.2, 0.25) is 0 Å². The lowest BCUT2D eigenvalue weighted by Crippen LogP contribution is -1.93. The minimum atomic E-state index is -0.283. The van der Waals surface area contributed by atoms with E-state index in [1.165, 1.54) is 6.07 Å². The van der Waals surface area contributed by atoms with E-state index in [1.54, 1.807) is 17.7 Å². The van der Waals surface area contributed by atoms with Gasteiger partial charge in [0.1, 0.15) is 17.6 Å². The molecule has 0 N–H and O–H groups in total. The summed E-state index contributed by atoms with van der Waals surface area (Å²) >= 11 is 0. The number of aryl methyl sites for hydroxylation is 2. The molecular formula is C11H9FN2. The van der Waals surface area contributed by atoms with Gasteiger partial charge >= 0.3 is 0 Å². The zero-order valence-corrected chi connectivity index (χ0v) is 8.00. The number of nitrogens with zero attached hydrogens (tertiary/aromatic N) is 2. The first-order valence-electron chi connectivity index (χ1n) is 4.30. The Bertz CT molecular complexity index is 546. The highest BCUT2D eigenvalue weighted by Gasteiger charge is 2.13. The molecule has 0 radical (unpaired) electrons. The number of aromatic nitrogens is 1. The third kappa shape index (κ3) is 0.942. The highest BCUT2D eigenvalue weighted by atomic mass is 19.1. The molecule has 3 heteroatoms. The molecule has 0 aliphatic rings. The summed E-state index contributed by atoms with van der Waals surface area (Å²) in [6, 6.07) is 6.97. The van der Waals surface area contributed by atoms with Crippen LogP contribution < -0.4 is 0 Å². The third-order valence-electron chi connectivity index (χ3n) is 2.52. The van der Waals surface area contributed by atoms with Gasteiger partial charge in [-0.05, 0) is 18.6 Å². The van der Waals surface area contributed by atoms with Crippen LogP contribution in [0.4, 0.5) is 4.39 Å². The normalized spacial score (nSPS) is 10.4. The van der Waals surface area contributed by atoms with Crippen molar-refractivity contribution >= 4 is 10.9 Å². The molecule has 14 heavy (non-hydrogen) atoms. The van der Waals surface area contributed by atoms with Gasteiger partial charge in [0.15, 0.2) is 0 Å². The number of rotatable bonds is 0. The molecule has 0 atom stereocenters. The van der Waals surface area contributed by atoms with E-state index in [4.69, 9.17) is 5.26 Å². The number of hydrogen-bond donors (Lipinski definition) is 0. The first-order chi connectivity index (χ1) is 6.66. The summed E-state index contributed by atoms with van der Waals surface area (Å²) in [5, 5.41) is 9.71. The average Bonchev–Trinajstić information content (AvgIpc) is 2.41. The fourth-order valence-electron chi connectivity index (χ4n) is 1.81. The molecule has 2 rings (SSSR count). The Morgan fingerprint density at radius 1 is 1.43 bits per heavy atom. The molecule has 0 unspecified atom stereocenters. The predicted molar refractivity (Wildman–Crippen MR) is 52.3 cm³/mol. The summed E-state index contributed by atoms with van der Waals surface area (Å²) in [6.45, 7) is 1.83. The fourth-order valence-corrected chi connectivity index (χ4v) is 1.81. The molecule has 1 aromatic carbocycles. The van der Waals surface area contributed by atoms with Gasteiger partial charge in [-0.2, -0.15) is 5.26 Å². The lowest BCUT2D eigenvalue weighted by molar-refractivity contribution is 0.631. The number of nitriles is 1. The summed E-state index contributed by atoms with van der Waals surface area (Å²) in [7, 11) is 1.71. The van der Waals surface area contributed by atoms with E-state index < -0.39 is 0 Å². The van der Waals surface area contributed by atoms with Crippen molar-refractivity contribution in [3.05, 3.63) is 35.3 Å². The van der Waals surface area contributed by atoms with Gasteiger partial charge in [-0.3, -0.25) is 0 Å². The van der Waals surface area contributed by atoms with Crippen LogP contribution in [-0.2, 0) is 7.05 Å². The predicted octanol–water partition coefficient (Wildman–Crippen LogP) is 2.50. The molecule has 0 aliphatic heterocycles. The molecule has 1 heterocycles. The maximum atomic E-state index is 13.4. The second-order valence-corrected chi connectivity index (χ2v) is 3.28. The van der Waals surface area contributed by atoms with E-state index in [-0.39, 0.29) is 5.82 Å². The molecule has 1 aromatic heterocycles. The second kappa shape index (κ2) is 2.85. The Morgan fingerprint density at radius 3 is 2.71 bits per heavy atom. The van der Waals surface area contributed by atoms with Gasteiger partial charge in [-0.1, -0.05) is 12.1 Å². The van der Waals surface area contributed by atoms with Gasteiger partial charge < -0.3 is 4.57 Å². The molecule has 0 saturated carbocycles. The van der Waals surface area contributed by atoms with E-state index in [2.05, 4.69) is 6.07 Å². The quantitative estimate of drug-likeness (QED) is 0.624. The van der Waals surface area contributed by atoms with Gasteiger partial charge in [0.25, 0.3) is 0 Å². The van der Waals surface area contributed by atoms with E-state index in [1.807, 2.05) is 13.0 Å². The SMILES string of the molecule is Cc1c(C#N)n(C)c2c(F)cccc12. The molecule has 0 amide bonds. The minimum Gasteiger partial charge on any atom is -0.333 e. The van der Waals surface area contributed by atoms with Crippen LogP contribution >= 0.6 is 0 Å². The Labute approximate surface area is 81.2 Å². The van der Waals surface area contributed by atoms with Gasteiger partial charge in [-0.15, -0.1) is 0 Å². The maximum absolute atomic E-state index is 13.4. The van der Waals surface area contributed by atoms with E-state index in [0.717, 1.165) is 10.9 Å².